The number of alkyl halides is 3. The van der Waals surface area contributed by atoms with E-state index >= 15 is 0 Å². The van der Waals surface area contributed by atoms with Gasteiger partial charge in [0.15, 0.2) is 0 Å². The van der Waals surface area contributed by atoms with Crippen molar-refractivity contribution in [1.82, 2.24) is 0 Å². The van der Waals surface area contributed by atoms with Gasteiger partial charge in [0.1, 0.15) is 0 Å². The summed E-state index contributed by atoms with van der Waals surface area (Å²) in [6.45, 7) is 0.891. The zero-order valence-corrected chi connectivity index (χ0v) is 4.53. The Morgan fingerprint density at radius 1 is 1.56 bits per heavy atom. The monoisotopic (exact) mass is 139 g/mol. The number of carbonyl (C=O) groups is 1. The lowest BCUT2D eigenvalue weighted by molar-refractivity contribution is -0.135. The summed E-state index contributed by atoms with van der Waals surface area (Å²) in [4.78, 5) is 9.74. The summed E-state index contributed by atoms with van der Waals surface area (Å²) < 4.78 is 36.8. The molecule has 0 bridgehead atoms. The van der Waals surface area contributed by atoms with Crippen LogP contribution in [0.1, 0.15) is 6.92 Å². The van der Waals surface area contributed by atoms with Gasteiger partial charge in [-0.3, -0.25) is 4.79 Å². The number of rotatable bonds is 1. The number of carbonyl (C=O) groups excluding carboxylic acids is 1. The number of hydrogen-bond donors (Lipinski definition) is 0. The van der Waals surface area contributed by atoms with Crippen LogP contribution in [0.25, 0.3) is 0 Å². The van der Waals surface area contributed by atoms with E-state index in [-0.39, 0.29) is 0 Å². The molecule has 6 heteroatoms. The molecule has 0 unspecified atom stereocenters. The molecule has 2 nitrogen and oxygen atoms in total. The van der Waals surface area contributed by atoms with E-state index in [0.717, 1.165) is 6.92 Å². The quantitative estimate of drug-likeness (QED) is 0.499. The van der Waals surface area contributed by atoms with E-state index in [2.05, 4.69) is 4.65 Å². The highest BCUT2D eigenvalue weighted by Crippen LogP contribution is 2.11. The summed E-state index contributed by atoms with van der Waals surface area (Å²) in [6.07, 6.45) is -4.54. The molecule has 0 aliphatic carbocycles. The summed E-state index contributed by atoms with van der Waals surface area (Å²) in [6, 6.07) is 0. The summed E-state index contributed by atoms with van der Waals surface area (Å²) >= 11 is 0. The molecular weight excluding hydrogens is 136 g/mol. The Bertz CT molecular complexity index is 110. The minimum absolute atomic E-state index is 0.463. The van der Waals surface area contributed by atoms with Crippen molar-refractivity contribution in [2.24, 2.45) is 0 Å². The molecule has 0 N–H and O–H groups in total. The van der Waals surface area contributed by atoms with Crippen molar-refractivity contribution in [3.63, 3.8) is 0 Å². The van der Waals surface area contributed by atoms with Gasteiger partial charge in [-0.05, 0) is 0 Å². The van der Waals surface area contributed by atoms with Gasteiger partial charge in [0, 0.05) is 6.92 Å². The molecule has 0 atom stereocenters. The first-order chi connectivity index (χ1) is 3.92. The smallest absolute Gasteiger partial charge is 0.504 e. The van der Waals surface area contributed by atoms with E-state index in [0.29, 0.717) is 0 Å². The third-order valence-electron chi connectivity index (χ3n) is 0.359. The van der Waals surface area contributed by atoms with Crippen LogP contribution in [0.4, 0.5) is 13.2 Å². The highest BCUT2D eigenvalue weighted by molar-refractivity contribution is 6.32. The molecule has 0 aromatic rings. The largest absolute Gasteiger partial charge is 0.529 e. The second-order valence-electron chi connectivity index (χ2n) is 1.27. The van der Waals surface area contributed by atoms with Crippen molar-refractivity contribution in [3.05, 3.63) is 0 Å². The molecule has 0 aliphatic rings. The highest BCUT2D eigenvalue weighted by atomic mass is 19.4. The predicted molar refractivity (Wildman–Crippen MR) is 23.6 cm³/mol. The van der Waals surface area contributed by atoms with Crippen LogP contribution in [-0.2, 0) is 9.45 Å². The van der Waals surface area contributed by atoms with Gasteiger partial charge in [0.25, 0.3) is 5.97 Å². The van der Waals surface area contributed by atoms with Gasteiger partial charge < -0.3 is 4.65 Å². The van der Waals surface area contributed by atoms with Gasteiger partial charge in [-0.2, -0.15) is 13.2 Å². The maximum absolute atomic E-state index is 11.1. The van der Waals surface area contributed by atoms with E-state index in [1.165, 1.54) is 0 Å². The number of hydrogen-bond acceptors (Lipinski definition) is 2. The van der Waals surface area contributed by atoms with Crippen LogP contribution in [0.5, 0.6) is 0 Å². The first kappa shape index (κ1) is 8.32. The van der Waals surface area contributed by atoms with Gasteiger partial charge in [-0.15, -0.1) is 0 Å². The molecule has 0 heterocycles. The average molecular weight is 139 g/mol. The van der Waals surface area contributed by atoms with Gasteiger partial charge in [0.2, 0.25) is 0 Å². The second kappa shape index (κ2) is 2.75. The Balaban J connectivity index is 3.39. The zero-order chi connectivity index (χ0) is 7.49. The van der Waals surface area contributed by atoms with Crippen LogP contribution in [0.2, 0.25) is 0 Å². The topological polar surface area (TPSA) is 26.3 Å². The third kappa shape index (κ3) is 7.32. The van der Waals surface area contributed by atoms with Crippen LogP contribution < -0.4 is 0 Å². The molecule has 0 spiro atoms. The van der Waals surface area contributed by atoms with Crippen molar-refractivity contribution in [2.45, 2.75) is 13.0 Å². The molecule has 0 saturated heterocycles. The molecular formula is C3H3BF3O2. The molecule has 0 rings (SSSR count). The minimum atomic E-state index is -4.54. The Hall–Kier alpha value is -0.675. The van der Waals surface area contributed by atoms with Gasteiger partial charge in [-0.25, -0.2) is 0 Å². The van der Waals surface area contributed by atoms with Crippen LogP contribution in [-0.4, -0.2) is 19.5 Å². The Labute approximate surface area is 50.3 Å². The summed E-state index contributed by atoms with van der Waals surface area (Å²) in [5.41, 5.74) is 0. The van der Waals surface area contributed by atoms with E-state index in [9.17, 15) is 18.0 Å². The fourth-order valence-electron chi connectivity index (χ4n) is 0.150. The maximum atomic E-state index is 11.1. The molecule has 0 saturated carbocycles. The van der Waals surface area contributed by atoms with Gasteiger partial charge >= 0.3 is 13.6 Å². The van der Waals surface area contributed by atoms with Gasteiger partial charge in [0.05, 0.1) is 0 Å². The molecule has 1 radical (unpaired) electrons. The Kier molecular flexibility index (Phi) is 2.54. The van der Waals surface area contributed by atoms with Crippen LogP contribution >= 0.6 is 0 Å². The Morgan fingerprint density at radius 3 is 2.11 bits per heavy atom. The Morgan fingerprint density at radius 2 is 2.00 bits per heavy atom. The average Bonchev–Trinajstić information content (AvgIpc) is 1.59. The normalized spacial score (nSPS) is 10.7. The minimum Gasteiger partial charge on any atom is -0.529 e. The lowest BCUT2D eigenvalue weighted by Crippen LogP contribution is -2.23. The van der Waals surface area contributed by atoms with Crippen molar-refractivity contribution < 1.29 is 22.6 Å². The maximum Gasteiger partial charge on any atom is 0.504 e. The lowest BCUT2D eigenvalue weighted by Gasteiger charge is -2.01. The van der Waals surface area contributed by atoms with Gasteiger partial charge in [-0.1, -0.05) is 0 Å². The first-order valence-corrected chi connectivity index (χ1v) is 2.00. The van der Waals surface area contributed by atoms with Crippen molar-refractivity contribution in [2.75, 3.05) is 0 Å². The fourth-order valence-corrected chi connectivity index (χ4v) is 0.150. The van der Waals surface area contributed by atoms with Crippen molar-refractivity contribution in [1.29, 1.82) is 0 Å². The lowest BCUT2D eigenvalue weighted by atomic mass is 10.0. The summed E-state index contributed by atoms with van der Waals surface area (Å²) in [7, 11) is -0.463. The van der Waals surface area contributed by atoms with Crippen molar-refractivity contribution in [3.8, 4) is 0 Å². The molecule has 51 valence electrons. The predicted octanol–water partition coefficient (Wildman–Crippen LogP) is 0.689. The standard InChI is InChI=1S/C3H3BF3O2/c1-2(8)9-4-3(5,6)7/h1H3. The summed E-state index contributed by atoms with van der Waals surface area (Å²) in [5, 5.41) is 0. The van der Waals surface area contributed by atoms with Crippen LogP contribution in [0.3, 0.4) is 0 Å². The molecule has 0 aromatic carbocycles. The molecule has 0 fully saturated rings. The van der Waals surface area contributed by atoms with Crippen LogP contribution in [0.15, 0.2) is 0 Å². The SMILES string of the molecule is CC(=O)O[B]C(F)(F)F. The molecule has 9 heavy (non-hydrogen) atoms. The first-order valence-electron chi connectivity index (χ1n) is 2.00. The van der Waals surface area contributed by atoms with Crippen molar-refractivity contribution >= 4 is 13.5 Å². The molecule has 0 aliphatic heterocycles. The van der Waals surface area contributed by atoms with E-state index in [1.54, 1.807) is 0 Å². The third-order valence-corrected chi connectivity index (χ3v) is 0.359. The van der Waals surface area contributed by atoms with E-state index in [1.807, 2.05) is 0 Å². The molecule has 0 amide bonds. The molecule has 0 aromatic heterocycles. The second-order valence-corrected chi connectivity index (χ2v) is 1.27. The summed E-state index contributed by atoms with van der Waals surface area (Å²) in [5.74, 6) is -0.979. The van der Waals surface area contributed by atoms with E-state index < -0.39 is 19.5 Å². The number of halogens is 3. The zero-order valence-electron chi connectivity index (χ0n) is 4.53. The highest BCUT2D eigenvalue weighted by Gasteiger charge is 2.33. The fraction of sp³-hybridized carbons (Fsp3) is 0.667. The van der Waals surface area contributed by atoms with E-state index in [4.69, 9.17) is 0 Å². The van der Waals surface area contributed by atoms with Crippen LogP contribution in [0, 0.1) is 0 Å².